The number of hydrogen-bond donors (Lipinski definition) is 1. The Morgan fingerprint density at radius 3 is 2.86 bits per heavy atom. The summed E-state index contributed by atoms with van der Waals surface area (Å²) in [6, 6.07) is 5.90. The smallest absolute Gasteiger partial charge is 1.00 e. The number of aryl methyl sites for hydroxylation is 1. The Labute approximate surface area is 150 Å². The Kier molecular flexibility index (Phi) is 4.01. The third kappa shape index (κ3) is 2.22. The van der Waals surface area contributed by atoms with Crippen molar-refractivity contribution in [2.45, 2.75) is 51.4 Å². The normalized spacial score (nSPS) is 37.2. The second kappa shape index (κ2) is 5.40. The summed E-state index contributed by atoms with van der Waals surface area (Å²) in [4.78, 5) is 12.3. The van der Waals surface area contributed by atoms with E-state index in [0.29, 0.717) is 29.3 Å². The number of rotatable bonds is 0. The van der Waals surface area contributed by atoms with E-state index in [2.05, 4.69) is 13.0 Å². The van der Waals surface area contributed by atoms with E-state index in [1.165, 1.54) is 17.5 Å². The molecule has 3 aliphatic carbocycles. The third-order valence-corrected chi connectivity index (χ3v) is 6.42. The number of benzene rings is 1. The van der Waals surface area contributed by atoms with Crippen LogP contribution in [0.15, 0.2) is 18.2 Å². The fourth-order valence-electron chi connectivity index (χ4n) is 5.34. The minimum atomic E-state index is -0.0322. The molecule has 21 heavy (non-hydrogen) atoms. The predicted molar refractivity (Wildman–Crippen MR) is 78.8 cm³/mol. The van der Waals surface area contributed by atoms with Gasteiger partial charge in [-0.2, -0.15) is 0 Å². The van der Waals surface area contributed by atoms with Crippen molar-refractivity contribution in [3.05, 3.63) is 29.3 Å². The van der Waals surface area contributed by atoms with E-state index < -0.39 is 0 Å². The van der Waals surface area contributed by atoms with Gasteiger partial charge in [-0.25, -0.2) is 0 Å². The zero-order chi connectivity index (χ0) is 13.9. The number of carbonyl (C=O) groups is 1. The van der Waals surface area contributed by atoms with Gasteiger partial charge in [0.1, 0.15) is 11.5 Å². The Morgan fingerprint density at radius 1 is 1.24 bits per heavy atom. The van der Waals surface area contributed by atoms with Gasteiger partial charge < -0.3 is 6.53 Å². The number of phenolic OH excluding ortho intramolecular Hbond substituents is 1. The maximum atomic E-state index is 12.3. The van der Waals surface area contributed by atoms with E-state index in [0.717, 1.165) is 32.1 Å². The van der Waals surface area contributed by atoms with Crippen LogP contribution >= 0.6 is 0 Å². The summed E-state index contributed by atoms with van der Waals surface area (Å²) in [6.45, 7) is 2.22. The van der Waals surface area contributed by atoms with Gasteiger partial charge in [0.15, 0.2) is 0 Å². The van der Waals surface area contributed by atoms with Crippen LogP contribution in [0.1, 0.15) is 57.5 Å². The van der Waals surface area contributed by atoms with Crippen LogP contribution in [0.4, 0.5) is 0 Å². The summed E-state index contributed by atoms with van der Waals surface area (Å²) in [5.41, 5.74) is 2.75. The van der Waals surface area contributed by atoms with Gasteiger partial charge in [0.25, 0.3) is 0 Å². The predicted octanol–water partition coefficient (Wildman–Crippen LogP) is 0.934. The zero-order valence-electron chi connectivity index (χ0n) is 14.1. The van der Waals surface area contributed by atoms with Crippen molar-refractivity contribution in [3.8, 4) is 5.75 Å². The van der Waals surface area contributed by atoms with Crippen molar-refractivity contribution in [1.29, 1.82) is 0 Å². The summed E-state index contributed by atoms with van der Waals surface area (Å²) >= 11 is 0. The van der Waals surface area contributed by atoms with E-state index >= 15 is 0 Å². The fraction of sp³-hybridized carbons (Fsp3) is 0.611. The van der Waals surface area contributed by atoms with Crippen LogP contribution in [0.25, 0.3) is 0 Å². The second-order valence-corrected chi connectivity index (χ2v) is 7.22. The molecule has 0 amide bonds. The molecule has 1 N–H and O–H groups in total. The minimum absolute atomic E-state index is 0. The molecule has 0 spiro atoms. The fourth-order valence-corrected chi connectivity index (χ4v) is 5.34. The van der Waals surface area contributed by atoms with Gasteiger partial charge in [-0.15, -0.1) is 0 Å². The number of phenols is 1. The molecule has 2 fully saturated rings. The van der Waals surface area contributed by atoms with Gasteiger partial charge in [-0.3, -0.25) is 4.79 Å². The van der Waals surface area contributed by atoms with E-state index in [-0.39, 0.29) is 36.4 Å². The SMILES string of the molecule is C[C@]12CC[C@H]3c4ccc(O)cc4CC[C@@H]3C1CCC2=O.[H-].[Na+]. The Hall–Kier alpha value is -0.310. The van der Waals surface area contributed by atoms with Crippen molar-refractivity contribution < 1.29 is 40.9 Å². The molecule has 1 aromatic carbocycles. The summed E-state index contributed by atoms with van der Waals surface area (Å²) in [5, 5.41) is 9.67. The van der Waals surface area contributed by atoms with Crippen molar-refractivity contribution in [3.63, 3.8) is 0 Å². The van der Waals surface area contributed by atoms with Crippen LogP contribution in [0, 0.1) is 17.3 Å². The molecular formula is C18H23NaO2. The third-order valence-electron chi connectivity index (χ3n) is 6.42. The summed E-state index contributed by atoms with van der Waals surface area (Å²) < 4.78 is 0. The number of carbonyl (C=O) groups excluding carboxylic acids is 1. The first kappa shape index (κ1) is 15.6. The number of hydrogen-bond acceptors (Lipinski definition) is 2. The van der Waals surface area contributed by atoms with Gasteiger partial charge in [-0.05, 0) is 73.1 Å². The van der Waals surface area contributed by atoms with Crippen molar-refractivity contribution >= 4 is 5.78 Å². The molecule has 1 aromatic rings. The molecule has 2 nitrogen and oxygen atoms in total. The molecule has 3 aliphatic rings. The first-order valence-electron chi connectivity index (χ1n) is 7.95. The molecule has 2 saturated carbocycles. The molecule has 0 heterocycles. The van der Waals surface area contributed by atoms with E-state index in [1.807, 2.05) is 12.1 Å². The molecule has 4 atom stereocenters. The van der Waals surface area contributed by atoms with Crippen LogP contribution in [-0.4, -0.2) is 10.9 Å². The Bertz CT molecular complexity index is 588. The average molecular weight is 294 g/mol. The molecular weight excluding hydrogens is 271 g/mol. The zero-order valence-corrected chi connectivity index (χ0v) is 15.1. The van der Waals surface area contributed by atoms with Crippen LogP contribution in [0.5, 0.6) is 5.75 Å². The standard InChI is InChI=1S/C18H22O2.Na.H/c1-18-9-8-14-13-5-3-12(19)10-11(13)2-4-15(14)16(18)6-7-17(18)20;;/h3,5,10,14-16,19H,2,4,6-9H2,1H3;;/q;+1;-1/t14-,15-,16?,18-;;/m0../s1. The number of ketones is 1. The first-order valence-corrected chi connectivity index (χ1v) is 7.95. The number of aromatic hydroxyl groups is 1. The van der Waals surface area contributed by atoms with Gasteiger partial charge in [0, 0.05) is 11.8 Å². The molecule has 3 heteroatoms. The van der Waals surface area contributed by atoms with Crippen molar-refractivity contribution in [2.75, 3.05) is 0 Å². The molecule has 0 bridgehead atoms. The molecule has 0 radical (unpaired) electrons. The van der Waals surface area contributed by atoms with Gasteiger partial charge in [0.05, 0.1) is 0 Å². The maximum absolute atomic E-state index is 12.3. The van der Waals surface area contributed by atoms with E-state index in [9.17, 15) is 9.90 Å². The molecule has 108 valence electrons. The summed E-state index contributed by atoms with van der Waals surface area (Å²) in [5.74, 6) is 2.78. The number of Topliss-reactive ketones (excluding diaryl/α,β-unsaturated/α-hetero) is 1. The molecule has 4 rings (SSSR count). The van der Waals surface area contributed by atoms with Crippen molar-refractivity contribution in [2.24, 2.45) is 17.3 Å². The van der Waals surface area contributed by atoms with Crippen LogP contribution in [0.3, 0.4) is 0 Å². The first-order chi connectivity index (χ1) is 9.59. The monoisotopic (exact) mass is 294 g/mol. The largest absolute Gasteiger partial charge is 1.00 e. The topological polar surface area (TPSA) is 37.3 Å². The van der Waals surface area contributed by atoms with Crippen molar-refractivity contribution in [1.82, 2.24) is 0 Å². The average Bonchev–Trinajstić information content (AvgIpc) is 2.74. The maximum Gasteiger partial charge on any atom is 1.00 e. The molecule has 0 aromatic heterocycles. The van der Waals surface area contributed by atoms with E-state index in [4.69, 9.17) is 0 Å². The Balaban J connectivity index is 0.000000882. The Morgan fingerprint density at radius 2 is 2.05 bits per heavy atom. The second-order valence-electron chi connectivity index (χ2n) is 7.22. The molecule has 0 aliphatic heterocycles. The molecule has 0 saturated heterocycles. The van der Waals surface area contributed by atoms with Gasteiger partial charge in [-0.1, -0.05) is 13.0 Å². The quantitative estimate of drug-likeness (QED) is 0.723. The summed E-state index contributed by atoms with van der Waals surface area (Å²) in [7, 11) is 0. The van der Waals surface area contributed by atoms with Crippen LogP contribution in [-0.2, 0) is 11.2 Å². The van der Waals surface area contributed by atoms with E-state index in [1.54, 1.807) is 0 Å². The minimum Gasteiger partial charge on any atom is -1.00 e. The number of fused-ring (bicyclic) bond motifs is 5. The van der Waals surface area contributed by atoms with Gasteiger partial charge in [0.2, 0.25) is 0 Å². The van der Waals surface area contributed by atoms with Crippen LogP contribution in [0.2, 0.25) is 0 Å². The molecule has 1 unspecified atom stereocenters. The van der Waals surface area contributed by atoms with Crippen LogP contribution < -0.4 is 29.6 Å². The summed E-state index contributed by atoms with van der Waals surface area (Å²) in [6.07, 6.45) is 6.34. The van der Waals surface area contributed by atoms with Gasteiger partial charge >= 0.3 is 29.6 Å².